The Morgan fingerprint density at radius 3 is 2.62 bits per heavy atom. The summed E-state index contributed by atoms with van der Waals surface area (Å²) in [7, 11) is 0. The Hall–Kier alpha value is -4.42. The van der Waals surface area contributed by atoms with Gasteiger partial charge >= 0.3 is 5.76 Å². The average molecular weight is 558 g/mol. The first-order valence-corrected chi connectivity index (χ1v) is 13.8. The number of nitrogens with two attached hydrogens (primary N) is 1. The van der Waals surface area contributed by atoms with Crippen LogP contribution in [0.1, 0.15) is 58.3 Å². The summed E-state index contributed by atoms with van der Waals surface area (Å²) in [5.74, 6) is -0.394. The molecule has 40 heavy (non-hydrogen) atoms. The zero-order valence-corrected chi connectivity index (χ0v) is 22.8. The van der Waals surface area contributed by atoms with Crippen molar-refractivity contribution in [1.29, 1.82) is 0 Å². The molecule has 2 unspecified atom stereocenters. The van der Waals surface area contributed by atoms with Gasteiger partial charge in [-0.25, -0.2) is 14.9 Å². The number of H-pyrrole nitrogens is 1. The van der Waals surface area contributed by atoms with Crippen LogP contribution in [-0.2, 0) is 12.0 Å². The lowest BCUT2D eigenvalue weighted by Gasteiger charge is -2.23. The predicted molar refractivity (Wildman–Crippen MR) is 147 cm³/mol. The van der Waals surface area contributed by atoms with E-state index < -0.39 is 11.3 Å². The van der Waals surface area contributed by atoms with Crippen LogP contribution in [0.4, 0.5) is 0 Å². The van der Waals surface area contributed by atoms with Crippen LogP contribution < -0.4 is 11.5 Å². The zero-order valence-electron chi connectivity index (χ0n) is 22.0. The van der Waals surface area contributed by atoms with Gasteiger partial charge in [0, 0.05) is 34.3 Å². The summed E-state index contributed by atoms with van der Waals surface area (Å²) in [6.45, 7) is 4.38. The van der Waals surface area contributed by atoms with E-state index in [0.717, 1.165) is 29.1 Å². The molecule has 1 aliphatic heterocycles. The number of aromatic amines is 1. The molecule has 0 radical (unpaired) electrons. The highest BCUT2D eigenvalue weighted by Gasteiger charge is 2.34. The van der Waals surface area contributed by atoms with Gasteiger partial charge in [-0.05, 0) is 56.9 Å². The molecule has 5 aromatic rings. The van der Waals surface area contributed by atoms with Crippen molar-refractivity contribution in [2.45, 2.75) is 44.7 Å². The molecule has 1 saturated heterocycles. The number of carbonyl (C=O) groups is 1. The number of aryl methyl sites for hydroxylation is 1. The summed E-state index contributed by atoms with van der Waals surface area (Å²) in [6, 6.07) is 14.7. The SMILES string of the molecule is Cc1csc(C2CCCN2C(=O)c2cc(-c3nnc(C(C)(N)Cc4ccccc4)o3)cc(-c3n[nH]c(=O)o3)c2)n1. The maximum absolute atomic E-state index is 13.9. The van der Waals surface area contributed by atoms with Crippen molar-refractivity contribution in [1.82, 2.24) is 30.3 Å². The molecule has 3 aromatic heterocycles. The minimum atomic E-state index is -0.924. The summed E-state index contributed by atoms with van der Waals surface area (Å²) in [4.78, 5) is 32.0. The van der Waals surface area contributed by atoms with Crippen LogP contribution in [0.2, 0.25) is 0 Å². The van der Waals surface area contributed by atoms with Gasteiger partial charge in [-0.3, -0.25) is 4.79 Å². The Balaban J connectivity index is 1.36. The van der Waals surface area contributed by atoms with E-state index in [-0.39, 0.29) is 29.6 Å². The van der Waals surface area contributed by atoms with Crippen molar-refractivity contribution in [3.63, 3.8) is 0 Å². The molecule has 2 atom stereocenters. The van der Waals surface area contributed by atoms with E-state index in [9.17, 15) is 9.59 Å². The second-order valence-electron chi connectivity index (χ2n) is 10.2. The lowest BCUT2D eigenvalue weighted by molar-refractivity contribution is 0.0735. The maximum atomic E-state index is 13.9. The normalized spacial score (nSPS) is 16.8. The summed E-state index contributed by atoms with van der Waals surface area (Å²) in [5.41, 5.74) is 8.90. The van der Waals surface area contributed by atoms with Gasteiger partial charge in [0.25, 0.3) is 5.91 Å². The summed E-state index contributed by atoms with van der Waals surface area (Å²) in [5, 5.41) is 17.6. The number of aromatic nitrogens is 5. The first-order valence-electron chi connectivity index (χ1n) is 12.9. The highest BCUT2D eigenvalue weighted by atomic mass is 32.1. The molecule has 204 valence electrons. The molecular formula is C28H27N7O4S. The Morgan fingerprint density at radius 1 is 1.15 bits per heavy atom. The topological polar surface area (TPSA) is 157 Å². The fraction of sp³-hybridized carbons (Fsp3) is 0.286. The number of rotatable bonds is 7. The number of hydrogen-bond acceptors (Lipinski definition) is 10. The average Bonchev–Trinajstić information content (AvgIpc) is 3.75. The Labute approximate surface area is 233 Å². The van der Waals surface area contributed by atoms with Crippen molar-refractivity contribution in [3.8, 4) is 22.9 Å². The monoisotopic (exact) mass is 557 g/mol. The Bertz CT molecular complexity index is 1720. The lowest BCUT2D eigenvalue weighted by atomic mass is 9.94. The number of thiazole rings is 1. The number of benzene rings is 2. The highest BCUT2D eigenvalue weighted by molar-refractivity contribution is 7.09. The molecule has 0 spiro atoms. The van der Waals surface area contributed by atoms with Gasteiger partial charge in [-0.1, -0.05) is 30.3 Å². The van der Waals surface area contributed by atoms with Crippen molar-refractivity contribution in [2.75, 3.05) is 6.54 Å². The van der Waals surface area contributed by atoms with Crippen LogP contribution in [-0.4, -0.2) is 42.7 Å². The van der Waals surface area contributed by atoms with E-state index in [0.29, 0.717) is 29.7 Å². The predicted octanol–water partition coefficient (Wildman–Crippen LogP) is 4.24. The van der Waals surface area contributed by atoms with Gasteiger partial charge in [0.1, 0.15) is 5.01 Å². The van der Waals surface area contributed by atoms with Gasteiger partial charge in [-0.2, -0.15) is 0 Å². The third kappa shape index (κ3) is 5.10. The molecule has 12 heteroatoms. The summed E-state index contributed by atoms with van der Waals surface area (Å²) < 4.78 is 11.3. The summed E-state index contributed by atoms with van der Waals surface area (Å²) in [6.07, 6.45) is 2.20. The number of carbonyl (C=O) groups excluding carboxylic acids is 1. The standard InChI is InChI=1S/C28H27N7O4S/c1-16-15-40-24(30-16)21-9-6-10-35(21)25(36)20-12-18(11-19(13-20)23-32-34-27(37)39-23)22-31-33-26(38-22)28(2,29)14-17-7-4-3-5-8-17/h3-5,7-8,11-13,15,21H,6,9-10,14,29H2,1-2H3,(H,34,37). The minimum absolute atomic E-state index is 0.0434. The van der Waals surface area contributed by atoms with Crippen LogP contribution in [0.25, 0.3) is 22.9 Å². The molecule has 0 saturated carbocycles. The number of nitrogens with one attached hydrogen (secondary N) is 1. The second-order valence-corrected chi connectivity index (χ2v) is 11.1. The molecule has 0 bridgehead atoms. The molecule has 4 heterocycles. The third-order valence-corrected chi connectivity index (χ3v) is 7.94. The number of hydrogen-bond donors (Lipinski definition) is 2. The van der Waals surface area contributed by atoms with Crippen molar-refractivity contribution < 1.29 is 13.6 Å². The number of likely N-dealkylation sites (tertiary alicyclic amines) is 1. The molecule has 0 aliphatic carbocycles. The highest BCUT2D eigenvalue weighted by Crippen LogP contribution is 2.36. The molecule has 1 amide bonds. The quantitative estimate of drug-likeness (QED) is 0.299. The van der Waals surface area contributed by atoms with Crippen molar-refractivity contribution >= 4 is 17.2 Å². The lowest BCUT2D eigenvalue weighted by Crippen LogP contribution is -2.35. The van der Waals surface area contributed by atoms with Crippen LogP contribution >= 0.6 is 11.3 Å². The molecule has 3 N–H and O–H groups in total. The van der Waals surface area contributed by atoms with E-state index in [1.165, 1.54) is 0 Å². The van der Waals surface area contributed by atoms with Crippen LogP contribution in [0.5, 0.6) is 0 Å². The van der Waals surface area contributed by atoms with Gasteiger partial charge in [0.2, 0.25) is 17.7 Å². The smallest absolute Gasteiger partial charge is 0.419 e. The maximum Gasteiger partial charge on any atom is 0.434 e. The van der Waals surface area contributed by atoms with Gasteiger partial charge < -0.3 is 19.5 Å². The zero-order chi connectivity index (χ0) is 27.9. The number of nitrogens with zero attached hydrogens (tertiary/aromatic N) is 5. The van der Waals surface area contributed by atoms with Crippen LogP contribution in [0.15, 0.2) is 67.5 Å². The van der Waals surface area contributed by atoms with Crippen molar-refractivity contribution in [3.05, 3.63) is 92.2 Å². The molecule has 6 rings (SSSR count). The largest absolute Gasteiger partial charge is 0.434 e. The Morgan fingerprint density at radius 2 is 1.93 bits per heavy atom. The first-order chi connectivity index (χ1) is 19.3. The Kier molecular flexibility index (Phi) is 6.64. The fourth-order valence-corrected chi connectivity index (χ4v) is 5.92. The molecule has 1 aliphatic rings. The molecule has 11 nitrogen and oxygen atoms in total. The van der Waals surface area contributed by atoms with Gasteiger partial charge in [-0.15, -0.1) is 26.6 Å². The molecule has 1 fully saturated rings. The van der Waals surface area contributed by atoms with E-state index in [1.807, 2.05) is 54.5 Å². The van der Waals surface area contributed by atoms with E-state index in [1.54, 1.807) is 29.5 Å². The van der Waals surface area contributed by atoms with E-state index >= 15 is 0 Å². The summed E-state index contributed by atoms with van der Waals surface area (Å²) >= 11 is 1.56. The van der Waals surface area contributed by atoms with Crippen molar-refractivity contribution in [2.24, 2.45) is 5.73 Å². The van der Waals surface area contributed by atoms with E-state index in [4.69, 9.17) is 14.6 Å². The van der Waals surface area contributed by atoms with Crippen LogP contribution in [0, 0.1) is 6.92 Å². The molecular weight excluding hydrogens is 530 g/mol. The first kappa shape index (κ1) is 25.8. The number of amides is 1. The fourth-order valence-electron chi connectivity index (χ4n) is 4.98. The minimum Gasteiger partial charge on any atom is -0.419 e. The molecule has 2 aromatic carbocycles. The van der Waals surface area contributed by atoms with Gasteiger partial charge in [0.05, 0.1) is 11.6 Å². The third-order valence-electron chi connectivity index (χ3n) is 6.88. The van der Waals surface area contributed by atoms with Gasteiger partial charge in [0.15, 0.2) is 0 Å². The van der Waals surface area contributed by atoms with E-state index in [2.05, 4.69) is 25.4 Å². The van der Waals surface area contributed by atoms with Crippen LogP contribution in [0.3, 0.4) is 0 Å². The second kappa shape index (κ2) is 10.3.